The van der Waals surface area contributed by atoms with Gasteiger partial charge in [0.25, 0.3) is 0 Å². The Balaban J connectivity index is 2.11. The first kappa shape index (κ1) is 12.9. The molecule has 0 atom stereocenters. The number of hydrogen-bond donors (Lipinski definition) is 1. The number of nitrogens with one attached hydrogen (secondary N) is 1. The zero-order chi connectivity index (χ0) is 13.0. The summed E-state index contributed by atoms with van der Waals surface area (Å²) in [5.74, 6) is 2.57. The van der Waals surface area contributed by atoms with Crippen molar-refractivity contribution in [1.82, 2.24) is 9.97 Å². The molecule has 2 heterocycles. The Morgan fingerprint density at radius 3 is 2.83 bits per heavy atom. The molecule has 1 N–H and O–H groups in total. The van der Waals surface area contributed by atoms with Crippen LogP contribution in [0.2, 0.25) is 5.15 Å². The number of aryl methyl sites for hydroxylation is 1. The Morgan fingerprint density at radius 2 is 2.17 bits per heavy atom. The minimum atomic E-state index is 0.518. The zero-order valence-corrected chi connectivity index (χ0v) is 11.3. The van der Waals surface area contributed by atoms with Gasteiger partial charge < -0.3 is 9.73 Å². The highest BCUT2D eigenvalue weighted by Crippen LogP contribution is 2.22. The van der Waals surface area contributed by atoms with E-state index in [0.717, 1.165) is 35.7 Å². The monoisotopic (exact) mass is 265 g/mol. The quantitative estimate of drug-likeness (QED) is 0.840. The van der Waals surface area contributed by atoms with Crippen LogP contribution >= 0.6 is 11.6 Å². The van der Waals surface area contributed by atoms with E-state index in [9.17, 15) is 0 Å². The van der Waals surface area contributed by atoms with E-state index in [-0.39, 0.29) is 0 Å². The van der Waals surface area contributed by atoms with E-state index in [4.69, 9.17) is 16.0 Å². The molecule has 0 saturated heterocycles. The lowest BCUT2D eigenvalue weighted by Crippen LogP contribution is -2.05. The van der Waals surface area contributed by atoms with Crippen molar-refractivity contribution in [3.63, 3.8) is 0 Å². The van der Waals surface area contributed by atoms with E-state index in [1.54, 1.807) is 0 Å². The largest absolute Gasteiger partial charge is 0.465 e. The minimum Gasteiger partial charge on any atom is -0.465 e. The van der Waals surface area contributed by atoms with Crippen LogP contribution in [0.25, 0.3) is 0 Å². The number of hydrogen-bond acceptors (Lipinski definition) is 4. The zero-order valence-electron chi connectivity index (χ0n) is 10.5. The first-order chi connectivity index (χ1) is 8.70. The molecule has 0 radical (unpaired) electrons. The number of halogens is 1. The molecule has 0 fully saturated rings. The molecule has 0 aliphatic heterocycles. The van der Waals surface area contributed by atoms with E-state index < -0.39 is 0 Å². The summed E-state index contributed by atoms with van der Waals surface area (Å²) in [6, 6.07) is 3.89. The van der Waals surface area contributed by atoms with Gasteiger partial charge >= 0.3 is 0 Å². The molecule has 2 aromatic heterocycles. The molecule has 2 rings (SSSR count). The summed E-state index contributed by atoms with van der Waals surface area (Å²) in [5, 5.41) is 3.76. The van der Waals surface area contributed by atoms with Crippen LogP contribution in [0.15, 0.2) is 22.9 Å². The molecule has 4 nitrogen and oxygen atoms in total. The highest BCUT2D eigenvalue weighted by Gasteiger charge is 2.09. The molecule has 0 aliphatic carbocycles. The Hall–Kier alpha value is -1.55. The van der Waals surface area contributed by atoms with Crippen molar-refractivity contribution < 1.29 is 4.42 Å². The lowest BCUT2D eigenvalue weighted by molar-refractivity contribution is 0.490. The number of rotatable bonds is 5. The fourth-order valence-corrected chi connectivity index (χ4v) is 1.99. The van der Waals surface area contributed by atoms with E-state index in [1.807, 2.05) is 19.1 Å². The molecule has 0 aliphatic rings. The van der Waals surface area contributed by atoms with Crippen molar-refractivity contribution in [3.8, 4) is 0 Å². The highest BCUT2D eigenvalue weighted by atomic mass is 35.5. The van der Waals surface area contributed by atoms with Crippen molar-refractivity contribution in [2.75, 3.05) is 5.32 Å². The number of anilines is 1. The molecule has 5 heteroatoms. The van der Waals surface area contributed by atoms with Crippen LogP contribution in [0.5, 0.6) is 0 Å². The number of furan rings is 1. The average Bonchev–Trinajstić information content (AvgIpc) is 2.76. The predicted molar refractivity (Wildman–Crippen MR) is 71.8 cm³/mol. The smallest absolute Gasteiger partial charge is 0.137 e. The highest BCUT2D eigenvalue weighted by molar-refractivity contribution is 6.30. The first-order valence-corrected chi connectivity index (χ1v) is 6.37. The van der Waals surface area contributed by atoms with Gasteiger partial charge in [-0.3, -0.25) is 0 Å². The summed E-state index contributed by atoms with van der Waals surface area (Å²) in [7, 11) is 0. The van der Waals surface area contributed by atoms with Crippen molar-refractivity contribution in [2.45, 2.75) is 33.2 Å². The molecule has 18 heavy (non-hydrogen) atoms. The van der Waals surface area contributed by atoms with Gasteiger partial charge in [0.05, 0.1) is 6.54 Å². The van der Waals surface area contributed by atoms with E-state index in [2.05, 4.69) is 22.2 Å². The molecule has 96 valence electrons. The van der Waals surface area contributed by atoms with Crippen LogP contribution in [0.1, 0.15) is 30.4 Å². The third kappa shape index (κ3) is 3.01. The van der Waals surface area contributed by atoms with Crippen molar-refractivity contribution >= 4 is 17.4 Å². The predicted octanol–water partition coefficient (Wildman–Crippen LogP) is 3.60. The summed E-state index contributed by atoms with van der Waals surface area (Å²) in [5.41, 5.74) is 0.963. The maximum absolute atomic E-state index is 6.08. The lowest BCUT2D eigenvalue weighted by atomic mass is 10.2. The molecular weight excluding hydrogens is 250 g/mol. The van der Waals surface area contributed by atoms with Gasteiger partial charge in [0, 0.05) is 5.56 Å². The topological polar surface area (TPSA) is 51.0 Å². The molecular formula is C13H16ClN3O. The fourth-order valence-electron chi connectivity index (χ4n) is 1.77. The summed E-state index contributed by atoms with van der Waals surface area (Å²) in [6.45, 7) is 4.62. The van der Waals surface area contributed by atoms with Gasteiger partial charge in [0.1, 0.15) is 28.8 Å². The summed E-state index contributed by atoms with van der Waals surface area (Å²) in [4.78, 5) is 8.24. The van der Waals surface area contributed by atoms with Crippen LogP contribution < -0.4 is 5.32 Å². The SMILES string of the molecule is CCCc1c(Cl)ncnc1NCc1ccc(C)o1. The summed E-state index contributed by atoms with van der Waals surface area (Å²) >= 11 is 6.08. The van der Waals surface area contributed by atoms with Gasteiger partial charge in [-0.2, -0.15) is 0 Å². The van der Waals surface area contributed by atoms with Gasteiger partial charge in [-0.25, -0.2) is 9.97 Å². The normalized spacial score (nSPS) is 10.6. The van der Waals surface area contributed by atoms with Crippen molar-refractivity contribution in [1.29, 1.82) is 0 Å². The Bertz CT molecular complexity index is 525. The van der Waals surface area contributed by atoms with Gasteiger partial charge in [-0.15, -0.1) is 0 Å². The van der Waals surface area contributed by atoms with E-state index in [0.29, 0.717) is 11.7 Å². The van der Waals surface area contributed by atoms with E-state index >= 15 is 0 Å². The number of aromatic nitrogens is 2. The average molecular weight is 266 g/mol. The molecule has 0 unspecified atom stereocenters. The Kier molecular flexibility index (Phi) is 4.20. The third-order valence-electron chi connectivity index (χ3n) is 2.62. The summed E-state index contributed by atoms with van der Waals surface area (Å²) in [6.07, 6.45) is 3.33. The van der Waals surface area contributed by atoms with Crippen molar-refractivity contribution in [3.05, 3.63) is 40.7 Å². The van der Waals surface area contributed by atoms with E-state index in [1.165, 1.54) is 6.33 Å². The van der Waals surface area contributed by atoms with Gasteiger partial charge in [0.15, 0.2) is 0 Å². The second-order valence-electron chi connectivity index (χ2n) is 4.11. The van der Waals surface area contributed by atoms with Gasteiger partial charge in [-0.1, -0.05) is 24.9 Å². The van der Waals surface area contributed by atoms with Crippen LogP contribution in [-0.2, 0) is 13.0 Å². The van der Waals surface area contributed by atoms with Gasteiger partial charge in [-0.05, 0) is 25.5 Å². The van der Waals surface area contributed by atoms with Crippen molar-refractivity contribution in [2.24, 2.45) is 0 Å². The van der Waals surface area contributed by atoms with Crippen LogP contribution in [0.3, 0.4) is 0 Å². The van der Waals surface area contributed by atoms with Crippen LogP contribution in [0, 0.1) is 6.92 Å². The maximum Gasteiger partial charge on any atom is 0.137 e. The fraction of sp³-hybridized carbons (Fsp3) is 0.385. The molecule has 0 amide bonds. The molecule has 0 saturated carbocycles. The minimum absolute atomic E-state index is 0.518. The molecule has 0 bridgehead atoms. The maximum atomic E-state index is 6.08. The molecule has 0 aromatic carbocycles. The standard InChI is InChI=1S/C13H16ClN3O/c1-3-4-11-12(14)16-8-17-13(11)15-7-10-6-5-9(2)18-10/h5-6,8H,3-4,7H2,1-2H3,(H,15,16,17). The second-order valence-corrected chi connectivity index (χ2v) is 4.47. The molecule has 0 spiro atoms. The first-order valence-electron chi connectivity index (χ1n) is 5.99. The van der Waals surface area contributed by atoms with Gasteiger partial charge in [0.2, 0.25) is 0 Å². The Labute approximate surface area is 111 Å². The second kappa shape index (κ2) is 5.87. The number of nitrogens with zero attached hydrogens (tertiary/aromatic N) is 2. The third-order valence-corrected chi connectivity index (χ3v) is 2.94. The summed E-state index contributed by atoms with van der Waals surface area (Å²) < 4.78 is 5.50. The molecule has 2 aromatic rings. The lowest BCUT2D eigenvalue weighted by Gasteiger charge is -2.10. The van der Waals surface area contributed by atoms with Crippen LogP contribution in [0.4, 0.5) is 5.82 Å². The Morgan fingerprint density at radius 1 is 1.33 bits per heavy atom. The van der Waals surface area contributed by atoms with Crippen LogP contribution in [-0.4, -0.2) is 9.97 Å².